The number of rotatable bonds is 6. The van der Waals surface area contributed by atoms with Crippen LogP contribution in [0.1, 0.15) is 6.42 Å². The molecule has 0 aromatic heterocycles. The summed E-state index contributed by atoms with van der Waals surface area (Å²) < 4.78 is 9.73. The Hall–Kier alpha value is -1.60. The largest absolute Gasteiger partial charge is 0.491 e. The predicted molar refractivity (Wildman–Crippen MR) is 80.2 cm³/mol. The highest BCUT2D eigenvalue weighted by molar-refractivity contribution is 8.03. The molecule has 1 rings (SSSR count). The number of methoxy groups -OCH3 is 2. The lowest BCUT2D eigenvalue weighted by Gasteiger charge is -2.17. The third-order valence-corrected chi connectivity index (χ3v) is 4.20. The van der Waals surface area contributed by atoms with Crippen molar-refractivity contribution in [2.24, 2.45) is 5.73 Å². The zero-order valence-electron chi connectivity index (χ0n) is 11.2. The smallest absolute Gasteiger partial charge is 0.356 e. The number of hydrogen-bond acceptors (Lipinski definition) is 6. The Balaban J connectivity index is 2.82. The molecule has 0 fully saturated rings. The first-order valence-corrected chi connectivity index (χ1v) is 6.85. The van der Waals surface area contributed by atoms with Crippen molar-refractivity contribution in [1.29, 1.82) is 5.41 Å². The first kappa shape index (κ1) is 16.5. The topological polar surface area (TPSA) is 97.4 Å². The van der Waals surface area contributed by atoms with Crippen LogP contribution in [-0.4, -0.2) is 31.3 Å². The van der Waals surface area contributed by atoms with Gasteiger partial charge in [0.2, 0.25) is 0 Å². The summed E-state index contributed by atoms with van der Waals surface area (Å²) in [5, 5.41) is 10.7. The van der Waals surface area contributed by atoms with Crippen molar-refractivity contribution >= 4 is 35.2 Å². The van der Waals surface area contributed by atoms with Gasteiger partial charge in [-0.3, -0.25) is 5.41 Å². The second-order valence-corrected chi connectivity index (χ2v) is 5.40. The van der Waals surface area contributed by atoms with Gasteiger partial charge in [0.15, 0.2) is 0 Å². The molecule has 1 heterocycles. The molecular formula is C12H16ClN3O3S. The molecule has 4 N–H and O–H groups in total. The molecule has 1 atom stereocenters. The summed E-state index contributed by atoms with van der Waals surface area (Å²) in [6, 6.07) is 0. The monoisotopic (exact) mass is 317 g/mol. The number of esters is 1. The average Bonchev–Trinajstić information content (AvgIpc) is 2.91. The van der Waals surface area contributed by atoms with Gasteiger partial charge >= 0.3 is 5.97 Å². The number of hydrogen-bond donors (Lipinski definition) is 3. The summed E-state index contributed by atoms with van der Waals surface area (Å²) in [5.41, 5.74) is 5.74. The molecule has 0 amide bonds. The Kier molecular flexibility index (Phi) is 5.97. The predicted octanol–water partition coefficient (Wildman–Crippen LogP) is 1.64. The van der Waals surface area contributed by atoms with Crippen molar-refractivity contribution in [3.8, 4) is 0 Å². The first-order chi connectivity index (χ1) is 9.40. The molecule has 0 saturated carbocycles. The Morgan fingerprint density at radius 1 is 1.65 bits per heavy atom. The fourth-order valence-electron chi connectivity index (χ4n) is 1.46. The van der Waals surface area contributed by atoms with E-state index in [0.717, 1.165) is 5.09 Å². The Bertz CT molecular complexity index is 502. The normalized spacial score (nSPS) is 18.8. The number of thioether (sulfide) groups is 1. The number of amidine groups is 1. The van der Waals surface area contributed by atoms with Crippen LogP contribution < -0.4 is 11.1 Å². The number of ether oxygens (including phenoxy) is 2. The quantitative estimate of drug-likeness (QED) is 0.298. The summed E-state index contributed by atoms with van der Waals surface area (Å²) in [6.45, 7) is 3.87. The van der Waals surface area contributed by atoms with Gasteiger partial charge in [0, 0.05) is 5.70 Å². The van der Waals surface area contributed by atoms with Crippen molar-refractivity contribution in [2.45, 2.75) is 11.7 Å². The van der Waals surface area contributed by atoms with Gasteiger partial charge in [0.1, 0.15) is 21.7 Å². The SMILES string of the molecule is C=C(NC(C(=O)OC)=C(Cl)C(=N)N)C1CC=C(OC)S1. The van der Waals surface area contributed by atoms with Gasteiger partial charge in [-0.15, -0.1) is 0 Å². The molecule has 0 aliphatic carbocycles. The zero-order valence-corrected chi connectivity index (χ0v) is 12.7. The number of nitrogens with one attached hydrogen (secondary N) is 2. The number of nitrogens with two attached hydrogens (primary N) is 1. The van der Waals surface area contributed by atoms with Crippen molar-refractivity contribution in [1.82, 2.24) is 5.32 Å². The summed E-state index contributed by atoms with van der Waals surface area (Å²) in [7, 11) is 2.80. The van der Waals surface area contributed by atoms with E-state index in [0.29, 0.717) is 12.1 Å². The van der Waals surface area contributed by atoms with Gasteiger partial charge in [-0.05, 0) is 12.5 Å². The molecule has 0 saturated heterocycles. The van der Waals surface area contributed by atoms with Crippen LogP contribution in [0.2, 0.25) is 0 Å². The minimum Gasteiger partial charge on any atom is -0.491 e. The van der Waals surface area contributed by atoms with E-state index in [1.165, 1.54) is 18.9 Å². The number of carbonyl (C=O) groups is 1. The van der Waals surface area contributed by atoms with Crippen LogP contribution in [0.15, 0.2) is 34.2 Å². The third kappa shape index (κ3) is 3.94. The van der Waals surface area contributed by atoms with E-state index in [1.54, 1.807) is 7.11 Å². The van der Waals surface area contributed by atoms with E-state index in [2.05, 4.69) is 16.6 Å². The maximum absolute atomic E-state index is 11.7. The van der Waals surface area contributed by atoms with Crippen LogP contribution in [0.5, 0.6) is 0 Å². The molecule has 1 aliphatic rings. The van der Waals surface area contributed by atoms with Gasteiger partial charge in [0.05, 0.1) is 19.5 Å². The minimum atomic E-state index is -0.714. The second kappa shape index (κ2) is 7.25. The fourth-order valence-corrected chi connectivity index (χ4v) is 2.54. The van der Waals surface area contributed by atoms with Crippen molar-refractivity contribution < 1.29 is 14.3 Å². The summed E-state index contributed by atoms with van der Waals surface area (Å²) >= 11 is 7.32. The van der Waals surface area contributed by atoms with Crippen molar-refractivity contribution in [2.75, 3.05) is 14.2 Å². The van der Waals surface area contributed by atoms with Gasteiger partial charge in [-0.1, -0.05) is 29.9 Å². The molecule has 0 spiro atoms. The molecule has 6 nitrogen and oxygen atoms in total. The molecule has 1 aliphatic heterocycles. The molecule has 110 valence electrons. The molecule has 0 aromatic carbocycles. The lowest BCUT2D eigenvalue weighted by atomic mass is 10.2. The highest BCUT2D eigenvalue weighted by atomic mass is 35.5. The van der Waals surface area contributed by atoms with E-state index in [4.69, 9.17) is 27.5 Å². The van der Waals surface area contributed by atoms with Gasteiger partial charge in [0.25, 0.3) is 0 Å². The Labute approximate surface area is 126 Å². The van der Waals surface area contributed by atoms with Crippen LogP contribution >= 0.6 is 23.4 Å². The van der Waals surface area contributed by atoms with E-state index in [9.17, 15) is 4.79 Å². The van der Waals surface area contributed by atoms with E-state index in [-0.39, 0.29) is 16.0 Å². The van der Waals surface area contributed by atoms with Crippen LogP contribution in [0.3, 0.4) is 0 Å². The van der Waals surface area contributed by atoms with Crippen LogP contribution in [0.4, 0.5) is 0 Å². The fraction of sp³-hybridized carbons (Fsp3) is 0.333. The maximum atomic E-state index is 11.7. The summed E-state index contributed by atoms with van der Waals surface area (Å²) in [6.07, 6.45) is 2.64. The molecule has 0 aromatic rings. The number of allylic oxidation sites excluding steroid dienone is 1. The lowest BCUT2D eigenvalue weighted by Crippen LogP contribution is -2.28. The van der Waals surface area contributed by atoms with Crippen LogP contribution in [-0.2, 0) is 14.3 Å². The standard InChI is InChI=1S/C12H16ClN3O3S/c1-6(7-4-5-8(18-2)20-7)16-10(12(17)19-3)9(13)11(14)15/h5,7,16H,1,4H2,2-3H3,(H3,14,15). The molecular weight excluding hydrogens is 302 g/mol. The Morgan fingerprint density at radius 2 is 2.30 bits per heavy atom. The third-order valence-electron chi connectivity index (χ3n) is 2.48. The number of carbonyl (C=O) groups excluding carboxylic acids is 1. The molecule has 20 heavy (non-hydrogen) atoms. The van der Waals surface area contributed by atoms with Crippen molar-refractivity contribution in [3.05, 3.63) is 34.2 Å². The van der Waals surface area contributed by atoms with E-state index >= 15 is 0 Å². The lowest BCUT2D eigenvalue weighted by molar-refractivity contribution is -0.136. The van der Waals surface area contributed by atoms with Crippen LogP contribution in [0.25, 0.3) is 0 Å². The zero-order chi connectivity index (χ0) is 15.3. The average molecular weight is 318 g/mol. The highest BCUT2D eigenvalue weighted by Gasteiger charge is 2.25. The first-order valence-electron chi connectivity index (χ1n) is 5.59. The minimum absolute atomic E-state index is 0.000955. The number of halogens is 1. The van der Waals surface area contributed by atoms with E-state index in [1.807, 2.05) is 6.08 Å². The summed E-state index contributed by atoms with van der Waals surface area (Å²) in [5.74, 6) is -1.14. The molecule has 0 bridgehead atoms. The molecule has 8 heteroatoms. The Morgan fingerprint density at radius 3 is 2.75 bits per heavy atom. The van der Waals surface area contributed by atoms with Gasteiger partial charge < -0.3 is 20.5 Å². The maximum Gasteiger partial charge on any atom is 0.356 e. The van der Waals surface area contributed by atoms with Gasteiger partial charge in [-0.2, -0.15) is 0 Å². The molecule has 1 unspecified atom stereocenters. The second-order valence-electron chi connectivity index (χ2n) is 3.81. The van der Waals surface area contributed by atoms with Crippen LogP contribution in [0, 0.1) is 5.41 Å². The van der Waals surface area contributed by atoms with Gasteiger partial charge in [-0.25, -0.2) is 4.79 Å². The van der Waals surface area contributed by atoms with Crippen molar-refractivity contribution in [3.63, 3.8) is 0 Å². The van der Waals surface area contributed by atoms with E-state index < -0.39 is 11.8 Å². The summed E-state index contributed by atoms with van der Waals surface area (Å²) in [4.78, 5) is 11.7. The highest BCUT2D eigenvalue weighted by Crippen LogP contribution is 2.35. The molecule has 0 radical (unpaired) electrons.